The summed E-state index contributed by atoms with van der Waals surface area (Å²) in [4.78, 5) is 30.1. The average Bonchev–Trinajstić information content (AvgIpc) is 2.67. The minimum Gasteiger partial charge on any atom is -0.325 e. The van der Waals surface area contributed by atoms with E-state index in [9.17, 15) is 9.59 Å². The third-order valence-electron chi connectivity index (χ3n) is 4.63. The van der Waals surface area contributed by atoms with Crippen LogP contribution in [0.1, 0.15) is 37.9 Å². The number of benzene rings is 2. The molecule has 0 aliphatic carbocycles. The van der Waals surface area contributed by atoms with E-state index in [1.807, 2.05) is 57.2 Å². The molecule has 1 amide bonds. The lowest BCUT2D eigenvalue weighted by Crippen LogP contribution is -2.25. The van der Waals surface area contributed by atoms with Crippen LogP contribution in [-0.2, 0) is 11.2 Å². The number of aromatic nitrogens is 2. The summed E-state index contributed by atoms with van der Waals surface area (Å²) < 4.78 is 1.66. The van der Waals surface area contributed by atoms with Gasteiger partial charge in [-0.3, -0.25) is 14.2 Å². The second-order valence-electron chi connectivity index (χ2n) is 6.98. The lowest BCUT2D eigenvalue weighted by atomic mass is 10.1. The summed E-state index contributed by atoms with van der Waals surface area (Å²) >= 11 is 1.29. The van der Waals surface area contributed by atoms with Crippen LogP contribution in [0.15, 0.2) is 52.4 Å². The van der Waals surface area contributed by atoms with Crippen molar-refractivity contribution in [2.45, 2.75) is 45.3 Å². The molecule has 146 valence electrons. The molecule has 6 heteroatoms. The third kappa shape index (κ3) is 4.12. The van der Waals surface area contributed by atoms with Crippen LogP contribution >= 0.6 is 11.8 Å². The first-order valence-corrected chi connectivity index (χ1v) is 10.4. The normalized spacial score (nSPS) is 11.2. The zero-order valence-electron chi connectivity index (χ0n) is 16.7. The van der Waals surface area contributed by atoms with Crippen LogP contribution in [-0.4, -0.2) is 21.2 Å². The Hall–Kier alpha value is -2.60. The highest BCUT2D eigenvalue weighted by Crippen LogP contribution is 2.24. The van der Waals surface area contributed by atoms with E-state index in [1.54, 1.807) is 10.6 Å². The molecule has 0 aliphatic rings. The summed E-state index contributed by atoms with van der Waals surface area (Å²) in [7, 11) is 0. The Morgan fingerprint density at radius 1 is 1.18 bits per heavy atom. The van der Waals surface area contributed by atoms with Gasteiger partial charge in [-0.05, 0) is 50.5 Å². The molecule has 0 spiro atoms. The lowest BCUT2D eigenvalue weighted by Gasteiger charge is -2.16. The Labute approximate surface area is 169 Å². The number of para-hydroxylation sites is 2. The smallest absolute Gasteiger partial charge is 0.262 e. The number of nitrogens with zero attached hydrogens (tertiary/aromatic N) is 2. The summed E-state index contributed by atoms with van der Waals surface area (Å²) in [5.41, 5.74) is 3.61. The van der Waals surface area contributed by atoms with Crippen molar-refractivity contribution in [3.63, 3.8) is 0 Å². The molecule has 0 fully saturated rings. The van der Waals surface area contributed by atoms with Gasteiger partial charge in [0, 0.05) is 11.7 Å². The quantitative estimate of drug-likeness (QED) is 0.490. The van der Waals surface area contributed by atoms with Gasteiger partial charge in [-0.15, -0.1) is 0 Å². The van der Waals surface area contributed by atoms with E-state index in [0.717, 1.165) is 23.2 Å². The van der Waals surface area contributed by atoms with Crippen LogP contribution in [0.3, 0.4) is 0 Å². The van der Waals surface area contributed by atoms with E-state index < -0.39 is 0 Å². The molecular formula is C22H25N3O2S. The number of rotatable bonds is 6. The number of amides is 1. The van der Waals surface area contributed by atoms with Gasteiger partial charge in [-0.25, -0.2) is 4.98 Å². The number of fused-ring (bicyclic) bond motifs is 1. The molecule has 1 aromatic heterocycles. The van der Waals surface area contributed by atoms with Crippen molar-refractivity contribution in [2.75, 3.05) is 11.1 Å². The molecule has 0 atom stereocenters. The molecule has 0 aliphatic heterocycles. The fraction of sp³-hybridized carbons (Fsp3) is 0.318. The molecule has 0 saturated heterocycles. The second-order valence-corrected chi connectivity index (χ2v) is 7.92. The van der Waals surface area contributed by atoms with Crippen LogP contribution in [0.5, 0.6) is 0 Å². The van der Waals surface area contributed by atoms with Crippen molar-refractivity contribution in [1.29, 1.82) is 0 Å². The minimum absolute atomic E-state index is 0.0433. The zero-order valence-corrected chi connectivity index (χ0v) is 17.5. The molecule has 2 aromatic carbocycles. The topological polar surface area (TPSA) is 64.0 Å². The van der Waals surface area contributed by atoms with Gasteiger partial charge in [-0.2, -0.15) is 0 Å². The predicted octanol–water partition coefficient (Wildman–Crippen LogP) is 4.58. The van der Waals surface area contributed by atoms with Crippen LogP contribution in [0, 0.1) is 6.92 Å². The van der Waals surface area contributed by atoms with Gasteiger partial charge in [0.25, 0.3) is 5.56 Å². The lowest BCUT2D eigenvalue weighted by molar-refractivity contribution is -0.113. The van der Waals surface area contributed by atoms with E-state index in [2.05, 4.69) is 17.2 Å². The van der Waals surface area contributed by atoms with Gasteiger partial charge in [0.1, 0.15) is 0 Å². The molecule has 1 heterocycles. The highest BCUT2D eigenvalue weighted by molar-refractivity contribution is 7.99. The predicted molar refractivity (Wildman–Crippen MR) is 116 cm³/mol. The molecular weight excluding hydrogens is 370 g/mol. The van der Waals surface area contributed by atoms with Crippen molar-refractivity contribution in [3.8, 4) is 0 Å². The van der Waals surface area contributed by atoms with Crippen LogP contribution in [0.25, 0.3) is 10.9 Å². The standard InChI is InChI=1S/C22H25N3O2S/c1-5-16-10-8-9-15(4)20(16)24-19(26)13-28-22-23-18-12-7-6-11-17(18)21(27)25(22)14(2)3/h6-12,14H,5,13H2,1-4H3,(H,24,26). The Morgan fingerprint density at radius 3 is 2.64 bits per heavy atom. The van der Waals surface area contributed by atoms with E-state index in [0.29, 0.717) is 16.1 Å². The van der Waals surface area contributed by atoms with E-state index >= 15 is 0 Å². The van der Waals surface area contributed by atoms with Crippen molar-refractivity contribution in [1.82, 2.24) is 9.55 Å². The minimum atomic E-state index is -0.105. The maximum Gasteiger partial charge on any atom is 0.262 e. The zero-order chi connectivity index (χ0) is 20.3. The number of anilines is 1. The summed E-state index contributed by atoms with van der Waals surface area (Å²) in [5, 5.41) is 4.18. The molecule has 0 saturated carbocycles. The summed E-state index contributed by atoms with van der Waals surface area (Å²) in [6.07, 6.45) is 0.851. The summed E-state index contributed by atoms with van der Waals surface area (Å²) in [6, 6.07) is 13.3. The second kappa shape index (κ2) is 8.61. The Kier molecular flexibility index (Phi) is 6.19. The van der Waals surface area contributed by atoms with Crippen LogP contribution in [0.4, 0.5) is 5.69 Å². The first kappa shape index (κ1) is 20.1. The van der Waals surface area contributed by atoms with Crippen LogP contribution in [0.2, 0.25) is 0 Å². The average molecular weight is 396 g/mol. The van der Waals surface area contributed by atoms with Gasteiger partial charge >= 0.3 is 0 Å². The molecule has 1 N–H and O–H groups in total. The first-order valence-electron chi connectivity index (χ1n) is 9.44. The monoisotopic (exact) mass is 395 g/mol. The van der Waals surface area contributed by atoms with Crippen molar-refractivity contribution >= 4 is 34.3 Å². The van der Waals surface area contributed by atoms with Gasteiger partial charge < -0.3 is 5.32 Å². The molecule has 0 unspecified atom stereocenters. The largest absolute Gasteiger partial charge is 0.325 e. The Bertz CT molecular complexity index is 1070. The van der Waals surface area contributed by atoms with Gasteiger partial charge in [0.2, 0.25) is 5.91 Å². The third-order valence-corrected chi connectivity index (χ3v) is 5.58. The molecule has 3 aromatic rings. The maximum absolute atomic E-state index is 12.9. The first-order chi connectivity index (χ1) is 13.4. The van der Waals surface area contributed by atoms with Gasteiger partial charge in [-0.1, -0.05) is 49.0 Å². The Balaban J connectivity index is 1.85. The number of carbonyl (C=O) groups excluding carboxylic acids is 1. The van der Waals surface area contributed by atoms with Gasteiger partial charge in [0.15, 0.2) is 5.16 Å². The fourth-order valence-corrected chi connectivity index (χ4v) is 4.12. The SMILES string of the molecule is CCc1cccc(C)c1NC(=O)CSc1nc2ccccc2c(=O)n1C(C)C. The number of carbonyl (C=O) groups is 1. The van der Waals surface area contributed by atoms with Crippen LogP contribution < -0.4 is 10.9 Å². The summed E-state index contributed by atoms with van der Waals surface area (Å²) in [6.45, 7) is 7.95. The van der Waals surface area contributed by atoms with Gasteiger partial charge in [0.05, 0.1) is 16.7 Å². The number of thioether (sulfide) groups is 1. The molecule has 28 heavy (non-hydrogen) atoms. The molecule has 0 radical (unpaired) electrons. The van der Waals surface area contributed by atoms with E-state index in [-0.39, 0.29) is 23.3 Å². The highest BCUT2D eigenvalue weighted by Gasteiger charge is 2.16. The number of hydrogen-bond donors (Lipinski definition) is 1. The van der Waals surface area contributed by atoms with Crippen molar-refractivity contribution in [3.05, 3.63) is 63.9 Å². The molecule has 3 rings (SSSR count). The number of aryl methyl sites for hydroxylation is 2. The van der Waals surface area contributed by atoms with Crippen molar-refractivity contribution < 1.29 is 4.79 Å². The number of hydrogen-bond acceptors (Lipinski definition) is 4. The van der Waals surface area contributed by atoms with Crippen molar-refractivity contribution in [2.24, 2.45) is 0 Å². The van der Waals surface area contributed by atoms with E-state index in [1.165, 1.54) is 11.8 Å². The van der Waals surface area contributed by atoms with E-state index in [4.69, 9.17) is 0 Å². The molecule has 0 bridgehead atoms. The Morgan fingerprint density at radius 2 is 1.93 bits per heavy atom. The maximum atomic E-state index is 12.9. The fourth-order valence-electron chi connectivity index (χ4n) is 3.19. The molecule has 5 nitrogen and oxygen atoms in total. The number of nitrogens with one attached hydrogen (secondary N) is 1. The summed E-state index contributed by atoms with van der Waals surface area (Å²) in [5.74, 6) is 0.0846. The highest BCUT2D eigenvalue weighted by atomic mass is 32.2.